The highest BCUT2D eigenvalue weighted by Crippen LogP contribution is 2.39. The van der Waals surface area contributed by atoms with E-state index in [9.17, 15) is 0 Å². The van der Waals surface area contributed by atoms with E-state index in [-0.39, 0.29) is 6.10 Å². The Labute approximate surface area is 155 Å². The molecule has 0 radical (unpaired) electrons. The van der Waals surface area contributed by atoms with Crippen LogP contribution in [0.25, 0.3) is 5.57 Å². The van der Waals surface area contributed by atoms with Gasteiger partial charge in [-0.1, -0.05) is 24.8 Å². The fourth-order valence-electron chi connectivity index (χ4n) is 4.11. The zero-order chi connectivity index (χ0) is 18.3. The Balaban J connectivity index is 1.57. The lowest BCUT2D eigenvalue weighted by Crippen LogP contribution is -2.15. The van der Waals surface area contributed by atoms with Crippen LogP contribution in [0.3, 0.4) is 0 Å². The highest BCUT2D eigenvalue weighted by molar-refractivity contribution is 5.82. The predicted molar refractivity (Wildman–Crippen MR) is 105 cm³/mol. The molecule has 2 aliphatic rings. The largest absolute Gasteiger partial charge is 0.493 e. The summed E-state index contributed by atoms with van der Waals surface area (Å²) < 4.78 is 11.8. The summed E-state index contributed by atoms with van der Waals surface area (Å²) >= 11 is 0. The molecule has 2 aromatic rings. The van der Waals surface area contributed by atoms with Gasteiger partial charge in [-0.15, -0.1) is 0 Å². The van der Waals surface area contributed by atoms with Crippen LogP contribution < -0.4 is 9.47 Å². The molecule has 2 heterocycles. The van der Waals surface area contributed by atoms with Crippen molar-refractivity contribution in [2.24, 2.45) is 0 Å². The molecule has 1 aromatic heterocycles. The van der Waals surface area contributed by atoms with E-state index in [1.54, 1.807) is 0 Å². The summed E-state index contributed by atoms with van der Waals surface area (Å²) in [6.45, 7) is 11.6. The van der Waals surface area contributed by atoms with Crippen molar-refractivity contribution in [2.45, 2.75) is 46.1 Å². The van der Waals surface area contributed by atoms with Crippen molar-refractivity contribution in [3.05, 3.63) is 70.4 Å². The van der Waals surface area contributed by atoms with Crippen LogP contribution in [0.15, 0.2) is 48.2 Å². The number of pyridine rings is 1. The zero-order valence-corrected chi connectivity index (χ0v) is 15.8. The molecule has 0 saturated heterocycles. The Morgan fingerprint density at radius 3 is 2.73 bits per heavy atom. The van der Waals surface area contributed by atoms with E-state index in [4.69, 9.17) is 9.47 Å². The van der Waals surface area contributed by atoms with Crippen LogP contribution in [0, 0.1) is 13.8 Å². The van der Waals surface area contributed by atoms with Crippen molar-refractivity contribution in [1.82, 2.24) is 4.98 Å². The first-order valence-electron chi connectivity index (χ1n) is 9.28. The highest BCUT2D eigenvalue weighted by Gasteiger charge is 2.27. The summed E-state index contributed by atoms with van der Waals surface area (Å²) in [7, 11) is 0. The van der Waals surface area contributed by atoms with Crippen LogP contribution in [0.2, 0.25) is 0 Å². The molecule has 3 heteroatoms. The van der Waals surface area contributed by atoms with Gasteiger partial charge in [0, 0.05) is 24.2 Å². The summed E-state index contributed by atoms with van der Waals surface area (Å²) in [4.78, 5) is 4.46. The fraction of sp³-hybridized carbons (Fsp3) is 0.348. The van der Waals surface area contributed by atoms with Gasteiger partial charge in [-0.2, -0.15) is 0 Å². The molecule has 0 spiro atoms. The van der Waals surface area contributed by atoms with Crippen LogP contribution in [-0.4, -0.2) is 17.7 Å². The summed E-state index contributed by atoms with van der Waals surface area (Å²) in [5, 5.41) is 0. The number of hydrogen-bond acceptors (Lipinski definition) is 3. The van der Waals surface area contributed by atoms with Crippen molar-refractivity contribution < 1.29 is 9.47 Å². The third-order valence-corrected chi connectivity index (χ3v) is 5.57. The highest BCUT2D eigenvalue weighted by atomic mass is 16.5. The molecule has 0 bridgehead atoms. The predicted octanol–water partition coefficient (Wildman–Crippen LogP) is 5.20. The molecular weight excluding hydrogens is 322 g/mol. The molecule has 1 unspecified atom stereocenters. The first-order valence-corrected chi connectivity index (χ1v) is 9.28. The van der Waals surface area contributed by atoms with E-state index in [1.165, 1.54) is 33.4 Å². The van der Waals surface area contributed by atoms with Gasteiger partial charge in [0.1, 0.15) is 11.9 Å². The van der Waals surface area contributed by atoms with Gasteiger partial charge >= 0.3 is 0 Å². The zero-order valence-electron chi connectivity index (χ0n) is 15.8. The summed E-state index contributed by atoms with van der Waals surface area (Å²) in [6.07, 6.45) is 4.82. The van der Waals surface area contributed by atoms with E-state index < -0.39 is 0 Å². The van der Waals surface area contributed by atoms with Gasteiger partial charge in [0.05, 0.1) is 6.61 Å². The Morgan fingerprint density at radius 2 is 1.96 bits per heavy atom. The van der Waals surface area contributed by atoms with Gasteiger partial charge in [-0.05, 0) is 67.0 Å². The molecule has 1 aliphatic carbocycles. The minimum absolute atomic E-state index is 0.0537. The lowest BCUT2D eigenvalue weighted by molar-refractivity contribution is 0.227. The molecule has 3 nitrogen and oxygen atoms in total. The maximum absolute atomic E-state index is 6.20. The van der Waals surface area contributed by atoms with Crippen LogP contribution in [0.5, 0.6) is 11.6 Å². The molecule has 1 aromatic carbocycles. The maximum Gasteiger partial charge on any atom is 0.217 e. The van der Waals surface area contributed by atoms with Crippen LogP contribution in [0.4, 0.5) is 0 Å². The Bertz CT molecular complexity index is 890. The normalized spacial score (nSPS) is 18.7. The SMILES string of the molecule is C=C(C1=C(C)C(Oc2cc3c(cn2)CCO3)CC1)c1c(C)cccc1C. The first kappa shape index (κ1) is 16.9. The molecule has 1 aliphatic heterocycles. The number of ether oxygens (including phenoxy) is 2. The Hall–Kier alpha value is -2.55. The van der Waals surface area contributed by atoms with Gasteiger partial charge in [-0.3, -0.25) is 0 Å². The Kier molecular flexibility index (Phi) is 4.31. The van der Waals surface area contributed by atoms with Crippen LogP contribution in [0.1, 0.15) is 42.0 Å². The van der Waals surface area contributed by atoms with Gasteiger partial charge in [0.15, 0.2) is 0 Å². The van der Waals surface area contributed by atoms with E-state index >= 15 is 0 Å². The first-order chi connectivity index (χ1) is 12.5. The topological polar surface area (TPSA) is 31.4 Å². The standard InChI is InChI=1S/C23H25NO2/c1-14-6-5-7-15(2)23(14)17(4)19-8-9-20(16(19)3)26-22-12-21-18(13-24-22)10-11-25-21/h5-7,12-13,20H,4,8-11H2,1-3H3. The monoisotopic (exact) mass is 347 g/mol. The van der Waals surface area contributed by atoms with Crippen LogP contribution >= 0.6 is 0 Å². The van der Waals surface area contributed by atoms with Crippen molar-refractivity contribution in [2.75, 3.05) is 6.61 Å². The number of aryl methyl sites for hydroxylation is 2. The third kappa shape index (κ3) is 2.92. The second-order valence-corrected chi connectivity index (χ2v) is 7.28. The molecule has 0 saturated carbocycles. The lowest BCUT2D eigenvalue weighted by atomic mass is 9.90. The van der Waals surface area contributed by atoms with Gasteiger partial charge in [0.25, 0.3) is 0 Å². The number of aromatic nitrogens is 1. The average Bonchev–Trinajstić information content (AvgIpc) is 3.21. The number of rotatable bonds is 4. The average molecular weight is 347 g/mol. The summed E-state index contributed by atoms with van der Waals surface area (Å²) in [5.41, 5.74) is 8.71. The number of fused-ring (bicyclic) bond motifs is 1. The van der Waals surface area contributed by atoms with Crippen molar-refractivity contribution >= 4 is 5.57 Å². The molecule has 0 amide bonds. The fourth-order valence-corrected chi connectivity index (χ4v) is 4.11. The molecule has 0 N–H and O–H groups in total. The van der Waals surface area contributed by atoms with E-state index in [0.29, 0.717) is 5.88 Å². The van der Waals surface area contributed by atoms with Crippen molar-refractivity contribution in [3.8, 4) is 11.6 Å². The molecule has 0 fully saturated rings. The minimum atomic E-state index is 0.0537. The summed E-state index contributed by atoms with van der Waals surface area (Å²) in [5.74, 6) is 1.56. The lowest BCUT2D eigenvalue weighted by Gasteiger charge is -2.17. The third-order valence-electron chi connectivity index (χ3n) is 5.57. The second kappa shape index (κ2) is 6.64. The quantitative estimate of drug-likeness (QED) is 0.761. The van der Waals surface area contributed by atoms with Crippen molar-refractivity contribution in [1.29, 1.82) is 0 Å². The summed E-state index contributed by atoms with van der Waals surface area (Å²) in [6, 6.07) is 8.33. The number of allylic oxidation sites excluding steroid dienone is 2. The maximum atomic E-state index is 6.20. The molecule has 4 rings (SSSR count). The van der Waals surface area contributed by atoms with E-state index in [1.807, 2.05) is 12.3 Å². The van der Waals surface area contributed by atoms with Gasteiger partial charge in [-0.25, -0.2) is 4.98 Å². The Morgan fingerprint density at radius 1 is 1.19 bits per heavy atom. The van der Waals surface area contributed by atoms with Crippen LogP contribution in [-0.2, 0) is 6.42 Å². The number of benzene rings is 1. The van der Waals surface area contributed by atoms with E-state index in [2.05, 4.69) is 50.5 Å². The van der Waals surface area contributed by atoms with Crippen molar-refractivity contribution in [3.63, 3.8) is 0 Å². The smallest absolute Gasteiger partial charge is 0.217 e. The minimum Gasteiger partial charge on any atom is -0.493 e. The molecule has 134 valence electrons. The second-order valence-electron chi connectivity index (χ2n) is 7.28. The van der Waals surface area contributed by atoms with Gasteiger partial charge in [0.2, 0.25) is 5.88 Å². The molecule has 1 atom stereocenters. The van der Waals surface area contributed by atoms with Gasteiger partial charge < -0.3 is 9.47 Å². The van der Waals surface area contributed by atoms with E-state index in [0.717, 1.165) is 37.2 Å². The molecular formula is C23H25NO2. The number of nitrogens with zero attached hydrogens (tertiary/aromatic N) is 1. The number of hydrogen-bond donors (Lipinski definition) is 0. The molecule has 26 heavy (non-hydrogen) atoms.